The highest BCUT2D eigenvalue weighted by Crippen LogP contribution is 2.40. The van der Waals surface area contributed by atoms with Crippen LogP contribution < -0.4 is 10.9 Å². The summed E-state index contributed by atoms with van der Waals surface area (Å²) in [7, 11) is 0. The standard InChI is InChI=1S/C21H23N5O2/c1-3-16(14-7-5-4-6-8-14)20(28)23-18-12-17(15-9-10-15)25-26(18)21-22-13(2)11-19(27)24-21/h4-8,11-12,15-16H,3,9-10H2,1-2H3,(H,23,28)(H,22,24,27)/t16-/m0/s1. The minimum absolute atomic E-state index is 0.104. The highest BCUT2D eigenvalue weighted by molar-refractivity contribution is 5.95. The lowest BCUT2D eigenvalue weighted by Crippen LogP contribution is -2.23. The largest absolute Gasteiger partial charge is 0.310 e. The molecule has 3 aromatic rings. The van der Waals surface area contributed by atoms with E-state index in [0.717, 1.165) is 24.1 Å². The summed E-state index contributed by atoms with van der Waals surface area (Å²) in [5.74, 6) is 0.866. The Morgan fingerprint density at radius 3 is 2.68 bits per heavy atom. The number of hydrogen-bond donors (Lipinski definition) is 2. The maximum atomic E-state index is 13.0. The molecule has 2 heterocycles. The Morgan fingerprint density at radius 2 is 2.04 bits per heavy atom. The van der Waals surface area contributed by atoms with Crippen LogP contribution in [-0.4, -0.2) is 25.7 Å². The molecule has 0 bridgehead atoms. The summed E-state index contributed by atoms with van der Waals surface area (Å²) in [5, 5.41) is 7.60. The van der Waals surface area contributed by atoms with Crippen LogP contribution in [-0.2, 0) is 4.79 Å². The monoisotopic (exact) mass is 377 g/mol. The van der Waals surface area contributed by atoms with Crippen molar-refractivity contribution < 1.29 is 4.79 Å². The number of benzene rings is 1. The summed E-state index contributed by atoms with van der Waals surface area (Å²) in [5.41, 5.74) is 2.22. The van der Waals surface area contributed by atoms with E-state index >= 15 is 0 Å². The van der Waals surface area contributed by atoms with Crippen molar-refractivity contribution in [3.8, 4) is 5.95 Å². The van der Waals surface area contributed by atoms with Gasteiger partial charge < -0.3 is 5.32 Å². The van der Waals surface area contributed by atoms with E-state index in [1.165, 1.54) is 10.7 Å². The van der Waals surface area contributed by atoms with Gasteiger partial charge in [0.1, 0.15) is 5.82 Å². The van der Waals surface area contributed by atoms with Crippen LogP contribution in [0.25, 0.3) is 5.95 Å². The van der Waals surface area contributed by atoms with Crippen LogP contribution in [0.15, 0.2) is 47.3 Å². The predicted molar refractivity (Wildman–Crippen MR) is 107 cm³/mol. The minimum atomic E-state index is -0.265. The van der Waals surface area contributed by atoms with Gasteiger partial charge in [-0.1, -0.05) is 37.3 Å². The van der Waals surface area contributed by atoms with Gasteiger partial charge in [0.05, 0.1) is 11.6 Å². The highest BCUT2D eigenvalue weighted by Gasteiger charge is 2.29. The summed E-state index contributed by atoms with van der Waals surface area (Å²) in [6.07, 6.45) is 2.85. The van der Waals surface area contributed by atoms with E-state index in [2.05, 4.69) is 20.4 Å². The second-order valence-corrected chi connectivity index (χ2v) is 7.21. The van der Waals surface area contributed by atoms with Crippen LogP contribution in [0.4, 0.5) is 5.82 Å². The maximum Gasteiger partial charge on any atom is 0.252 e. The van der Waals surface area contributed by atoms with Crippen LogP contribution in [0.1, 0.15) is 55.0 Å². The first-order valence-electron chi connectivity index (χ1n) is 9.59. The third kappa shape index (κ3) is 3.74. The number of carbonyl (C=O) groups excluding carboxylic acids is 1. The smallest absolute Gasteiger partial charge is 0.252 e. The molecule has 1 aliphatic carbocycles. The number of rotatable bonds is 6. The van der Waals surface area contributed by atoms with Gasteiger partial charge >= 0.3 is 0 Å². The van der Waals surface area contributed by atoms with Crippen LogP contribution in [0.2, 0.25) is 0 Å². The molecule has 4 rings (SSSR count). The van der Waals surface area contributed by atoms with Gasteiger partial charge in [0.15, 0.2) is 0 Å². The van der Waals surface area contributed by atoms with E-state index in [4.69, 9.17) is 0 Å². The Kier molecular flexibility index (Phi) is 4.81. The summed E-state index contributed by atoms with van der Waals surface area (Å²) in [4.78, 5) is 32.0. The number of H-pyrrole nitrogens is 1. The van der Waals surface area contributed by atoms with Crippen molar-refractivity contribution in [3.05, 3.63) is 69.8 Å². The quantitative estimate of drug-likeness (QED) is 0.689. The van der Waals surface area contributed by atoms with Gasteiger partial charge in [-0.2, -0.15) is 9.78 Å². The first kappa shape index (κ1) is 18.2. The molecule has 7 nitrogen and oxygen atoms in total. The molecule has 28 heavy (non-hydrogen) atoms. The highest BCUT2D eigenvalue weighted by atomic mass is 16.2. The van der Waals surface area contributed by atoms with Gasteiger partial charge in [-0.3, -0.25) is 14.6 Å². The number of nitrogens with one attached hydrogen (secondary N) is 2. The van der Waals surface area contributed by atoms with E-state index in [1.54, 1.807) is 6.92 Å². The maximum absolute atomic E-state index is 13.0. The van der Waals surface area contributed by atoms with Crippen LogP contribution in [0, 0.1) is 6.92 Å². The molecule has 2 aromatic heterocycles. The zero-order valence-corrected chi connectivity index (χ0v) is 16.0. The zero-order valence-electron chi connectivity index (χ0n) is 16.0. The molecule has 1 amide bonds. The van der Waals surface area contributed by atoms with Crippen molar-refractivity contribution in [1.82, 2.24) is 19.7 Å². The molecule has 1 fully saturated rings. The molecule has 1 atom stereocenters. The number of aromatic amines is 1. The molecule has 0 saturated heterocycles. The summed E-state index contributed by atoms with van der Waals surface area (Å²) < 4.78 is 1.53. The molecule has 144 valence electrons. The van der Waals surface area contributed by atoms with Crippen LogP contribution in [0.3, 0.4) is 0 Å². The van der Waals surface area contributed by atoms with Gasteiger partial charge in [0.2, 0.25) is 11.9 Å². The molecule has 1 aromatic carbocycles. The van der Waals surface area contributed by atoms with Crippen molar-refractivity contribution in [2.45, 2.75) is 44.9 Å². The Balaban J connectivity index is 1.68. The number of anilines is 1. The lowest BCUT2D eigenvalue weighted by molar-refractivity contribution is -0.117. The molecular formula is C21H23N5O2. The number of carbonyl (C=O) groups is 1. The number of hydrogen-bond acceptors (Lipinski definition) is 4. The van der Waals surface area contributed by atoms with Gasteiger partial charge in [-0.15, -0.1) is 0 Å². The predicted octanol–water partition coefficient (Wildman–Crippen LogP) is 3.27. The first-order valence-corrected chi connectivity index (χ1v) is 9.59. The van der Waals surface area contributed by atoms with Gasteiger partial charge in [-0.25, -0.2) is 4.98 Å². The van der Waals surface area contributed by atoms with Crippen LogP contribution in [0.5, 0.6) is 0 Å². The molecule has 0 spiro atoms. The van der Waals surface area contributed by atoms with Crippen molar-refractivity contribution in [3.63, 3.8) is 0 Å². The molecule has 0 radical (unpaired) electrons. The van der Waals surface area contributed by atoms with Crippen molar-refractivity contribution >= 4 is 11.7 Å². The molecule has 1 saturated carbocycles. The second-order valence-electron chi connectivity index (χ2n) is 7.21. The van der Waals surface area contributed by atoms with Crippen molar-refractivity contribution in [1.29, 1.82) is 0 Å². The Bertz CT molecular complexity index is 1050. The summed E-state index contributed by atoms with van der Waals surface area (Å²) in [6.45, 7) is 3.74. The Morgan fingerprint density at radius 1 is 1.29 bits per heavy atom. The fourth-order valence-electron chi connectivity index (χ4n) is 3.36. The van der Waals surface area contributed by atoms with Crippen molar-refractivity contribution in [2.75, 3.05) is 5.32 Å². The Hall–Kier alpha value is -3.22. The summed E-state index contributed by atoms with van der Waals surface area (Å²) in [6, 6.07) is 13.0. The number of nitrogens with zero attached hydrogens (tertiary/aromatic N) is 3. The van der Waals surface area contributed by atoms with E-state index < -0.39 is 0 Å². The van der Waals surface area contributed by atoms with E-state index in [9.17, 15) is 9.59 Å². The molecule has 2 N–H and O–H groups in total. The summed E-state index contributed by atoms with van der Waals surface area (Å²) >= 11 is 0. The fourth-order valence-corrected chi connectivity index (χ4v) is 3.36. The minimum Gasteiger partial charge on any atom is -0.310 e. The number of aromatic nitrogens is 4. The average molecular weight is 377 g/mol. The fraction of sp³-hybridized carbons (Fsp3) is 0.333. The Labute approximate surface area is 162 Å². The third-order valence-electron chi connectivity index (χ3n) is 4.96. The van der Waals surface area contributed by atoms with Gasteiger partial charge in [-0.05, 0) is 31.7 Å². The van der Waals surface area contributed by atoms with Gasteiger partial charge in [0.25, 0.3) is 5.56 Å². The molecular weight excluding hydrogens is 354 g/mol. The SMILES string of the molecule is CC[C@H](C(=O)Nc1cc(C2CC2)nn1-c1nc(C)cc(=O)[nH]1)c1ccccc1. The zero-order chi connectivity index (χ0) is 19.7. The second kappa shape index (κ2) is 7.42. The van der Waals surface area contributed by atoms with E-state index in [-0.39, 0.29) is 17.4 Å². The molecule has 0 aliphatic heterocycles. The van der Waals surface area contributed by atoms with E-state index in [1.807, 2.05) is 43.3 Å². The van der Waals surface area contributed by atoms with E-state index in [0.29, 0.717) is 29.8 Å². The first-order chi connectivity index (χ1) is 13.5. The molecule has 0 unspecified atom stereocenters. The number of aryl methyl sites for hydroxylation is 1. The molecule has 7 heteroatoms. The topological polar surface area (TPSA) is 92.7 Å². The lowest BCUT2D eigenvalue weighted by Gasteiger charge is -2.16. The normalized spacial score (nSPS) is 14.6. The third-order valence-corrected chi connectivity index (χ3v) is 4.96. The number of amides is 1. The molecule has 1 aliphatic rings. The van der Waals surface area contributed by atoms with Crippen molar-refractivity contribution in [2.24, 2.45) is 0 Å². The average Bonchev–Trinajstić information content (AvgIpc) is 3.43. The lowest BCUT2D eigenvalue weighted by atomic mass is 9.96. The van der Waals surface area contributed by atoms with Gasteiger partial charge in [0, 0.05) is 23.7 Å². The van der Waals surface area contributed by atoms with Crippen LogP contribution >= 0.6 is 0 Å².